The Labute approximate surface area is 120 Å². The molecule has 5 nitrogen and oxygen atoms in total. The molecule has 0 radical (unpaired) electrons. The van der Waals surface area contributed by atoms with E-state index in [0.717, 1.165) is 5.56 Å². The van der Waals surface area contributed by atoms with Gasteiger partial charge in [-0.25, -0.2) is 0 Å². The highest BCUT2D eigenvalue weighted by Gasteiger charge is 2.25. The van der Waals surface area contributed by atoms with Gasteiger partial charge in [-0.15, -0.1) is 0 Å². The zero-order valence-corrected chi connectivity index (χ0v) is 12.1. The lowest BCUT2D eigenvalue weighted by Gasteiger charge is -2.08. The second-order valence-electron chi connectivity index (χ2n) is 3.65. The van der Waals surface area contributed by atoms with Crippen molar-refractivity contribution in [1.82, 2.24) is 5.01 Å². The number of rotatable bonds is 4. The van der Waals surface area contributed by atoms with Crippen LogP contribution >= 0.6 is 24.0 Å². The fourth-order valence-corrected chi connectivity index (χ4v) is 2.45. The van der Waals surface area contributed by atoms with Gasteiger partial charge in [-0.1, -0.05) is 24.0 Å². The molecule has 0 unspecified atom stereocenters. The maximum atomic E-state index is 11.5. The predicted octanol–water partition coefficient (Wildman–Crippen LogP) is 1.90. The molecule has 0 bridgehead atoms. The average Bonchev–Trinajstić information content (AvgIpc) is 2.75. The van der Waals surface area contributed by atoms with Crippen LogP contribution in [0.4, 0.5) is 0 Å². The SMILES string of the molecule is COc1cc(/C=N/N2C(=O)CSC2=S)cc(OC)c1. The van der Waals surface area contributed by atoms with Crippen molar-refractivity contribution in [3.8, 4) is 11.5 Å². The van der Waals surface area contributed by atoms with Crippen molar-refractivity contribution in [3.05, 3.63) is 23.8 Å². The standard InChI is InChI=1S/C12H12N2O3S2/c1-16-9-3-8(4-10(5-9)17-2)6-13-14-11(15)7-19-12(14)18/h3-6H,7H2,1-2H3/b13-6+. The molecule has 0 aliphatic carbocycles. The number of hydrogen-bond donors (Lipinski definition) is 0. The number of benzene rings is 1. The summed E-state index contributed by atoms with van der Waals surface area (Å²) in [6, 6.07) is 5.35. The lowest BCUT2D eigenvalue weighted by atomic mass is 10.2. The van der Waals surface area contributed by atoms with E-state index in [1.807, 2.05) is 0 Å². The molecule has 1 heterocycles. The van der Waals surface area contributed by atoms with Gasteiger partial charge in [0.1, 0.15) is 11.5 Å². The number of carbonyl (C=O) groups excluding carboxylic acids is 1. The van der Waals surface area contributed by atoms with Gasteiger partial charge in [-0.3, -0.25) is 4.79 Å². The minimum absolute atomic E-state index is 0.110. The number of methoxy groups -OCH3 is 2. The second-order valence-corrected chi connectivity index (χ2v) is 5.26. The van der Waals surface area contributed by atoms with Gasteiger partial charge in [0.2, 0.25) is 0 Å². The summed E-state index contributed by atoms with van der Waals surface area (Å²) in [5, 5.41) is 5.32. The Balaban J connectivity index is 2.22. The Bertz CT molecular complexity index is 508. The van der Waals surface area contributed by atoms with Crippen molar-refractivity contribution in [2.75, 3.05) is 20.0 Å². The van der Waals surface area contributed by atoms with Crippen LogP contribution in [-0.2, 0) is 4.79 Å². The van der Waals surface area contributed by atoms with Crippen molar-refractivity contribution < 1.29 is 14.3 Å². The van der Waals surface area contributed by atoms with Crippen molar-refractivity contribution >= 4 is 40.4 Å². The summed E-state index contributed by atoms with van der Waals surface area (Å²) in [5.74, 6) is 1.55. The first-order chi connectivity index (χ1) is 9.13. The van der Waals surface area contributed by atoms with Crippen molar-refractivity contribution in [1.29, 1.82) is 0 Å². The molecule has 0 saturated carbocycles. The van der Waals surface area contributed by atoms with E-state index in [4.69, 9.17) is 21.7 Å². The highest BCUT2D eigenvalue weighted by atomic mass is 32.2. The van der Waals surface area contributed by atoms with Crippen LogP contribution < -0.4 is 9.47 Å². The summed E-state index contributed by atoms with van der Waals surface area (Å²) in [4.78, 5) is 11.5. The Morgan fingerprint density at radius 2 is 1.95 bits per heavy atom. The Morgan fingerprint density at radius 3 is 2.42 bits per heavy atom. The maximum absolute atomic E-state index is 11.5. The summed E-state index contributed by atoms with van der Waals surface area (Å²) in [7, 11) is 3.15. The molecule has 1 aliphatic rings. The van der Waals surface area contributed by atoms with Crippen molar-refractivity contribution in [2.24, 2.45) is 5.10 Å². The molecule has 0 N–H and O–H groups in total. The average molecular weight is 296 g/mol. The van der Waals surface area contributed by atoms with Crippen LogP contribution in [0.5, 0.6) is 11.5 Å². The van der Waals surface area contributed by atoms with E-state index in [2.05, 4.69) is 5.10 Å². The normalized spacial score (nSPS) is 15.4. The highest BCUT2D eigenvalue weighted by Crippen LogP contribution is 2.22. The van der Waals surface area contributed by atoms with Gasteiger partial charge < -0.3 is 9.47 Å². The lowest BCUT2D eigenvalue weighted by Crippen LogP contribution is -2.22. The molecular formula is C12H12N2O3S2. The summed E-state index contributed by atoms with van der Waals surface area (Å²) in [6.45, 7) is 0. The summed E-state index contributed by atoms with van der Waals surface area (Å²) < 4.78 is 10.8. The topological polar surface area (TPSA) is 51.1 Å². The molecule has 1 aromatic carbocycles. The van der Waals surface area contributed by atoms with Crippen LogP contribution in [0.15, 0.2) is 23.3 Å². The molecule has 100 valence electrons. The lowest BCUT2D eigenvalue weighted by molar-refractivity contribution is -0.123. The number of amides is 1. The molecule has 1 aromatic rings. The Morgan fingerprint density at radius 1 is 1.32 bits per heavy atom. The minimum atomic E-state index is -0.110. The molecule has 0 atom stereocenters. The Hall–Kier alpha value is -1.60. The number of nitrogens with zero attached hydrogens (tertiary/aromatic N) is 2. The molecule has 2 rings (SSSR count). The molecule has 1 fully saturated rings. The summed E-state index contributed by atoms with van der Waals surface area (Å²) in [5.41, 5.74) is 0.767. The van der Waals surface area contributed by atoms with Gasteiger partial charge in [0.25, 0.3) is 5.91 Å². The van der Waals surface area contributed by atoms with E-state index in [9.17, 15) is 4.79 Å². The first-order valence-corrected chi connectivity index (χ1v) is 6.80. The minimum Gasteiger partial charge on any atom is -0.497 e. The van der Waals surface area contributed by atoms with Gasteiger partial charge in [-0.05, 0) is 12.1 Å². The molecule has 19 heavy (non-hydrogen) atoms. The third-order valence-corrected chi connectivity index (χ3v) is 3.76. The van der Waals surface area contributed by atoms with E-state index >= 15 is 0 Å². The third kappa shape index (κ3) is 3.24. The van der Waals surface area contributed by atoms with Gasteiger partial charge >= 0.3 is 0 Å². The van der Waals surface area contributed by atoms with Crippen LogP contribution in [0, 0.1) is 0 Å². The summed E-state index contributed by atoms with van der Waals surface area (Å²) in [6.07, 6.45) is 1.56. The Kier molecular flexibility index (Phi) is 4.39. The van der Waals surface area contributed by atoms with Crippen molar-refractivity contribution in [3.63, 3.8) is 0 Å². The predicted molar refractivity (Wildman–Crippen MR) is 79.0 cm³/mol. The summed E-state index contributed by atoms with van der Waals surface area (Å²) >= 11 is 6.34. The van der Waals surface area contributed by atoms with Gasteiger partial charge in [0, 0.05) is 11.6 Å². The second kappa shape index (κ2) is 6.03. The smallest absolute Gasteiger partial charge is 0.259 e. The zero-order chi connectivity index (χ0) is 13.8. The number of thiocarbonyl (C=S) groups is 1. The first-order valence-electron chi connectivity index (χ1n) is 5.41. The molecular weight excluding hydrogens is 284 g/mol. The highest BCUT2D eigenvalue weighted by molar-refractivity contribution is 8.23. The van der Waals surface area contributed by atoms with Crippen LogP contribution in [0.3, 0.4) is 0 Å². The number of hydrazone groups is 1. The van der Waals surface area contributed by atoms with Crippen LogP contribution in [0.1, 0.15) is 5.56 Å². The monoisotopic (exact) mass is 296 g/mol. The maximum Gasteiger partial charge on any atom is 0.259 e. The fourth-order valence-electron chi connectivity index (χ4n) is 1.49. The number of thioether (sulfide) groups is 1. The van der Waals surface area contributed by atoms with E-state index in [1.54, 1.807) is 38.6 Å². The van der Waals surface area contributed by atoms with Gasteiger partial charge in [0.15, 0.2) is 4.32 Å². The molecule has 1 saturated heterocycles. The van der Waals surface area contributed by atoms with E-state index in [1.165, 1.54) is 16.8 Å². The van der Waals surface area contributed by atoms with E-state index in [0.29, 0.717) is 21.6 Å². The van der Waals surface area contributed by atoms with Gasteiger partial charge in [-0.2, -0.15) is 10.1 Å². The van der Waals surface area contributed by atoms with E-state index in [-0.39, 0.29) is 5.91 Å². The van der Waals surface area contributed by atoms with Gasteiger partial charge in [0.05, 0.1) is 26.2 Å². The molecule has 1 aliphatic heterocycles. The van der Waals surface area contributed by atoms with E-state index < -0.39 is 0 Å². The van der Waals surface area contributed by atoms with Crippen molar-refractivity contribution in [2.45, 2.75) is 0 Å². The molecule has 1 amide bonds. The van der Waals surface area contributed by atoms with Crippen LogP contribution in [0.25, 0.3) is 0 Å². The van der Waals surface area contributed by atoms with Crippen LogP contribution in [0.2, 0.25) is 0 Å². The largest absolute Gasteiger partial charge is 0.497 e. The fraction of sp³-hybridized carbons (Fsp3) is 0.250. The van der Waals surface area contributed by atoms with Crippen LogP contribution in [-0.4, -0.2) is 41.4 Å². The number of carbonyl (C=O) groups is 1. The molecule has 0 aromatic heterocycles. The number of ether oxygens (including phenoxy) is 2. The number of hydrogen-bond acceptors (Lipinski definition) is 6. The zero-order valence-electron chi connectivity index (χ0n) is 10.5. The third-order valence-electron chi connectivity index (χ3n) is 2.42. The molecule has 0 spiro atoms. The molecule has 7 heteroatoms. The quantitative estimate of drug-likeness (QED) is 0.627. The first kappa shape index (κ1) is 13.8.